The number of allylic oxidation sites excluding steroid dienone is 1. The van der Waals surface area contributed by atoms with Crippen LogP contribution in [0, 0.1) is 16.0 Å². The molecule has 2 atom stereocenters. The highest BCUT2D eigenvalue weighted by Crippen LogP contribution is 2.38. The molecule has 26 heavy (non-hydrogen) atoms. The SMILES string of the molecule is CCOC(=O)C1(C)NC(C)=CC1/C=C1/C(=O)Nc2ccc([N+](=O)[O-])cc21. The van der Waals surface area contributed by atoms with Crippen LogP contribution in [0.4, 0.5) is 11.4 Å². The van der Waals surface area contributed by atoms with E-state index in [4.69, 9.17) is 4.74 Å². The summed E-state index contributed by atoms with van der Waals surface area (Å²) in [6.45, 7) is 5.50. The first-order valence-electron chi connectivity index (χ1n) is 8.22. The molecule has 0 radical (unpaired) electrons. The summed E-state index contributed by atoms with van der Waals surface area (Å²) in [7, 11) is 0. The predicted octanol–water partition coefficient (Wildman–Crippen LogP) is 2.38. The minimum atomic E-state index is -1.04. The van der Waals surface area contributed by atoms with Crippen LogP contribution in [0.1, 0.15) is 26.3 Å². The third-order valence-electron chi connectivity index (χ3n) is 4.60. The summed E-state index contributed by atoms with van der Waals surface area (Å²) in [4.78, 5) is 35.3. The number of benzene rings is 1. The maximum Gasteiger partial charge on any atom is 0.332 e. The van der Waals surface area contributed by atoms with Gasteiger partial charge in [-0.25, -0.2) is 4.79 Å². The maximum atomic E-state index is 12.4. The number of amides is 1. The average Bonchev–Trinajstić information content (AvgIpc) is 3.04. The lowest BCUT2D eigenvalue weighted by Gasteiger charge is -2.28. The molecule has 1 amide bonds. The second-order valence-electron chi connectivity index (χ2n) is 6.44. The molecule has 2 N–H and O–H groups in total. The number of nitro benzene ring substituents is 1. The number of nitro groups is 1. The van der Waals surface area contributed by atoms with Crippen molar-refractivity contribution in [1.29, 1.82) is 0 Å². The Morgan fingerprint density at radius 1 is 1.46 bits per heavy atom. The molecule has 1 aromatic carbocycles. The largest absolute Gasteiger partial charge is 0.464 e. The summed E-state index contributed by atoms with van der Waals surface area (Å²) < 4.78 is 5.16. The van der Waals surface area contributed by atoms with Gasteiger partial charge in [0.1, 0.15) is 5.54 Å². The van der Waals surface area contributed by atoms with E-state index in [0.717, 1.165) is 5.70 Å². The van der Waals surface area contributed by atoms with Crippen LogP contribution >= 0.6 is 0 Å². The number of carbonyl (C=O) groups is 2. The Bertz CT molecular complexity index is 874. The molecule has 2 heterocycles. The number of nitrogens with one attached hydrogen (secondary N) is 2. The topological polar surface area (TPSA) is 111 Å². The first kappa shape index (κ1) is 17.7. The molecule has 0 fully saturated rings. The number of hydrogen-bond donors (Lipinski definition) is 2. The second-order valence-corrected chi connectivity index (χ2v) is 6.44. The van der Waals surface area contributed by atoms with Crippen LogP contribution in [0.3, 0.4) is 0 Å². The molecule has 2 aliphatic heterocycles. The molecule has 2 unspecified atom stereocenters. The highest BCUT2D eigenvalue weighted by molar-refractivity contribution is 6.31. The zero-order valence-corrected chi connectivity index (χ0v) is 14.7. The van der Waals surface area contributed by atoms with Crippen LogP contribution in [-0.4, -0.2) is 28.9 Å². The molecule has 0 bridgehead atoms. The number of carbonyl (C=O) groups excluding carboxylic acids is 2. The molecule has 8 nitrogen and oxygen atoms in total. The van der Waals surface area contributed by atoms with E-state index < -0.39 is 22.3 Å². The monoisotopic (exact) mass is 357 g/mol. The number of nitrogens with zero attached hydrogens (tertiary/aromatic N) is 1. The fourth-order valence-electron chi connectivity index (χ4n) is 3.29. The first-order chi connectivity index (χ1) is 12.3. The van der Waals surface area contributed by atoms with Gasteiger partial charge in [0, 0.05) is 40.6 Å². The zero-order valence-electron chi connectivity index (χ0n) is 14.7. The van der Waals surface area contributed by atoms with Crippen molar-refractivity contribution < 1.29 is 19.2 Å². The lowest BCUT2D eigenvalue weighted by molar-refractivity contribution is -0.384. The van der Waals surface area contributed by atoms with Gasteiger partial charge >= 0.3 is 5.97 Å². The number of esters is 1. The van der Waals surface area contributed by atoms with Crippen LogP contribution in [0.25, 0.3) is 5.57 Å². The van der Waals surface area contributed by atoms with E-state index in [0.29, 0.717) is 16.8 Å². The minimum absolute atomic E-state index is 0.101. The van der Waals surface area contributed by atoms with Crippen molar-refractivity contribution in [2.45, 2.75) is 26.3 Å². The number of anilines is 1. The third kappa shape index (κ3) is 2.83. The maximum absolute atomic E-state index is 12.4. The second kappa shape index (κ2) is 6.29. The van der Waals surface area contributed by atoms with Crippen LogP contribution in [0.15, 0.2) is 36.0 Å². The van der Waals surface area contributed by atoms with Gasteiger partial charge in [-0.05, 0) is 26.8 Å². The van der Waals surface area contributed by atoms with Crippen LogP contribution in [0.2, 0.25) is 0 Å². The number of rotatable bonds is 4. The lowest BCUT2D eigenvalue weighted by Crippen LogP contribution is -2.50. The first-order valence-corrected chi connectivity index (χ1v) is 8.22. The Hall–Kier alpha value is -3.16. The van der Waals surface area contributed by atoms with Crippen LogP contribution in [0.5, 0.6) is 0 Å². The molecule has 2 aliphatic rings. The molecule has 136 valence electrons. The van der Waals surface area contributed by atoms with E-state index in [1.807, 2.05) is 13.0 Å². The van der Waals surface area contributed by atoms with Crippen molar-refractivity contribution in [3.05, 3.63) is 51.7 Å². The van der Waals surface area contributed by atoms with Crippen molar-refractivity contribution in [3.8, 4) is 0 Å². The van der Waals surface area contributed by atoms with Gasteiger partial charge in [0.25, 0.3) is 11.6 Å². The summed E-state index contributed by atoms with van der Waals surface area (Å²) in [5.74, 6) is -1.22. The van der Waals surface area contributed by atoms with Gasteiger partial charge in [-0.2, -0.15) is 0 Å². The van der Waals surface area contributed by atoms with Gasteiger partial charge in [-0.15, -0.1) is 0 Å². The van der Waals surface area contributed by atoms with E-state index in [1.54, 1.807) is 19.9 Å². The van der Waals surface area contributed by atoms with Crippen LogP contribution < -0.4 is 10.6 Å². The molecular weight excluding hydrogens is 338 g/mol. The normalized spacial score (nSPS) is 25.3. The number of non-ortho nitro benzene ring substituents is 1. The molecule has 0 saturated carbocycles. The molecule has 8 heteroatoms. The van der Waals surface area contributed by atoms with E-state index in [1.165, 1.54) is 18.2 Å². The van der Waals surface area contributed by atoms with Gasteiger partial charge in [-0.1, -0.05) is 12.2 Å². The molecular formula is C18H19N3O5. The Morgan fingerprint density at radius 3 is 2.85 bits per heavy atom. The molecule has 0 saturated heterocycles. The van der Waals surface area contributed by atoms with Gasteiger partial charge in [0.2, 0.25) is 0 Å². The molecule has 0 aromatic heterocycles. The predicted molar refractivity (Wildman–Crippen MR) is 95.1 cm³/mol. The zero-order chi connectivity index (χ0) is 19.1. The number of ether oxygens (including phenoxy) is 1. The minimum Gasteiger partial charge on any atom is -0.464 e. The van der Waals surface area contributed by atoms with E-state index in [9.17, 15) is 19.7 Å². The van der Waals surface area contributed by atoms with E-state index in [2.05, 4.69) is 10.6 Å². The Morgan fingerprint density at radius 2 is 2.19 bits per heavy atom. The van der Waals surface area contributed by atoms with Crippen molar-refractivity contribution in [2.75, 3.05) is 11.9 Å². The molecule has 0 spiro atoms. The highest BCUT2D eigenvalue weighted by Gasteiger charge is 2.45. The fourth-order valence-corrected chi connectivity index (χ4v) is 3.29. The fraction of sp³-hybridized carbons (Fsp3) is 0.333. The summed E-state index contributed by atoms with van der Waals surface area (Å²) in [5.41, 5.74) is 0.911. The van der Waals surface area contributed by atoms with Gasteiger partial charge in [0.05, 0.1) is 11.5 Å². The standard InChI is InChI=1S/C18H19N3O5/c1-4-26-17(23)18(3)11(7-10(2)20-18)8-14-13-9-12(21(24)25)5-6-15(13)19-16(14)22/h5-9,11,20H,4H2,1-3H3,(H,19,22)/b14-8+. The van der Waals surface area contributed by atoms with Crippen molar-refractivity contribution >= 4 is 28.8 Å². The molecule has 0 aliphatic carbocycles. The smallest absolute Gasteiger partial charge is 0.332 e. The average molecular weight is 357 g/mol. The van der Waals surface area contributed by atoms with Gasteiger partial charge < -0.3 is 15.4 Å². The summed E-state index contributed by atoms with van der Waals surface area (Å²) in [6, 6.07) is 4.20. The van der Waals surface area contributed by atoms with E-state index >= 15 is 0 Å². The Kier molecular flexibility index (Phi) is 4.27. The Balaban J connectivity index is 2.04. The summed E-state index contributed by atoms with van der Waals surface area (Å²) >= 11 is 0. The third-order valence-corrected chi connectivity index (χ3v) is 4.60. The van der Waals surface area contributed by atoms with Crippen molar-refractivity contribution in [2.24, 2.45) is 5.92 Å². The Labute approximate surface area is 150 Å². The van der Waals surface area contributed by atoms with Crippen molar-refractivity contribution in [1.82, 2.24) is 5.32 Å². The van der Waals surface area contributed by atoms with Gasteiger partial charge in [0.15, 0.2) is 0 Å². The van der Waals surface area contributed by atoms with Crippen molar-refractivity contribution in [3.63, 3.8) is 0 Å². The lowest BCUT2D eigenvalue weighted by atomic mass is 9.85. The van der Waals surface area contributed by atoms with Gasteiger partial charge in [-0.3, -0.25) is 14.9 Å². The summed E-state index contributed by atoms with van der Waals surface area (Å²) in [6.07, 6.45) is 3.50. The number of fused-ring (bicyclic) bond motifs is 1. The summed E-state index contributed by atoms with van der Waals surface area (Å²) in [5, 5.41) is 16.8. The molecule has 3 rings (SSSR count). The quantitative estimate of drug-likeness (QED) is 0.370. The molecule has 1 aromatic rings. The van der Waals surface area contributed by atoms with E-state index in [-0.39, 0.29) is 18.2 Å². The number of hydrogen-bond acceptors (Lipinski definition) is 6. The highest BCUT2D eigenvalue weighted by atomic mass is 16.6. The van der Waals surface area contributed by atoms with Crippen LogP contribution in [-0.2, 0) is 14.3 Å².